The lowest BCUT2D eigenvalue weighted by atomic mass is 10.0. The smallest absolute Gasteiger partial charge is 0.344 e. The van der Waals surface area contributed by atoms with Crippen LogP contribution < -0.4 is 5.56 Å². The van der Waals surface area contributed by atoms with Crippen LogP contribution >= 0.6 is 22.9 Å². The number of halogens is 4. The summed E-state index contributed by atoms with van der Waals surface area (Å²) >= 11 is 7.48. The molecule has 0 bridgehead atoms. The largest absolute Gasteiger partial charge is 0.416 e. The van der Waals surface area contributed by atoms with Crippen molar-refractivity contribution in [2.24, 2.45) is 7.05 Å². The molecule has 35 heavy (non-hydrogen) atoms. The molecule has 0 radical (unpaired) electrons. The minimum Gasteiger partial charge on any atom is -0.344 e. The Morgan fingerprint density at radius 3 is 2.34 bits per heavy atom. The van der Waals surface area contributed by atoms with Gasteiger partial charge in [-0.15, -0.1) is 11.3 Å². The van der Waals surface area contributed by atoms with Gasteiger partial charge in [0.15, 0.2) is 0 Å². The molecule has 3 aromatic heterocycles. The molecule has 5 aromatic rings. The van der Waals surface area contributed by atoms with E-state index in [9.17, 15) is 28.5 Å². The lowest BCUT2D eigenvalue weighted by Crippen LogP contribution is -2.19. The SMILES string of the molecule is Cn1c(-c2cc(C(F)(F)F)ccc2Cl)ccc1-c1c(C#N)c(=O)n2c(sc3ccccc32)c1C#N. The van der Waals surface area contributed by atoms with Crippen molar-refractivity contribution in [3.05, 3.63) is 86.7 Å². The van der Waals surface area contributed by atoms with Crippen molar-refractivity contribution in [3.8, 4) is 34.7 Å². The molecule has 0 amide bonds. The molecule has 3 heterocycles. The molecule has 0 fully saturated rings. The quantitative estimate of drug-likeness (QED) is 0.269. The van der Waals surface area contributed by atoms with Crippen molar-refractivity contribution in [2.75, 3.05) is 0 Å². The topological polar surface area (TPSA) is 74.0 Å². The maximum Gasteiger partial charge on any atom is 0.416 e. The van der Waals surface area contributed by atoms with Gasteiger partial charge in [-0.3, -0.25) is 9.20 Å². The molecule has 0 spiro atoms. The number of nitrogens with zero attached hydrogens (tertiary/aromatic N) is 4. The van der Waals surface area contributed by atoms with Gasteiger partial charge in [-0.25, -0.2) is 0 Å². The van der Waals surface area contributed by atoms with E-state index in [0.717, 1.165) is 16.8 Å². The van der Waals surface area contributed by atoms with Crippen molar-refractivity contribution in [1.29, 1.82) is 10.5 Å². The average Bonchev–Trinajstić information content (AvgIpc) is 3.39. The summed E-state index contributed by atoms with van der Waals surface area (Å²) in [5, 5.41) is 20.1. The first kappa shape index (κ1) is 22.7. The third kappa shape index (κ3) is 3.40. The Bertz CT molecular complexity index is 1820. The number of benzene rings is 2. The van der Waals surface area contributed by atoms with Crippen molar-refractivity contribution in [2.45, 2.75) is 6.18 Å². The van der Waals surface area contributed by atoms with Crippen LogP contribution in [0.1, 0.15) is 16.7 Å². The second kappa shape index (κ2) is 8.02. The van der Waals surface area contributed by atoms with Crippen LogP contribution in [0.25, 0.3) is 37.6 Å². The summed E-state index contributed by atoms with van der Waals surface area (Å²) in [5.41, 5.74) is -0.0284. The summed E-state index contributed by atoms with van der Waals surface area (Å²) < 4.78 is 43.6. The third-order valence-corrected chi connectivity index (χ3v) is 7.29. The molecule has 0 aliphatic rings. The summed E-state index contributed by atoms with van der Waals surface area (Å²) in [4.78, 5) is 13.8. The van der Waals surface area contributed by atoms with Crippen molar-refractivity contribution in [3.63, 3.8) is 0 Å². The number of aromatic nitrogens is 2. The van der Waals surface area contributed by atoms with E-state index in [1.807, 2.05) is 18.2 Å². The van der Waals surface area contributed by atoms with E-state index < -0.39 is 17.3 Å². The van der Waals surface area contributed by atoms with E-state index in [1.54, 1.807) is 31.3 Å². The van der Waals surface area contributed by atoms with Crippen LogP contribution in [0.3, 0.4) is 0 Å². The van der Waals surface area contributed by atoms with Crippen LogP contribution in [0.2, 0.25) is 5.02 Å². The van der Waals surface area contributed by atoms with Gasteiger partial charge in [0, 0.05) is 28.9 Å². The molecule has 0 aliphatic carbocycles. The molecule has 0 unspecified atom stereocenters. The third-order valence-electron chi connectivity index (χ3n) is 5.82. The maximum absolute atomic E-state index is 13.4. The fourth-order valence-corrected chi connectivity index (χ4v) is 5.55. The van der Waals surface area contributed by atoms with Gasteiger partial charge in [0.25, 0.3) is 5.56 Å². The zero-order valence-electron chi connectivity index (χ0n) is 17.8. The number of thiazole rings is 1. The highest BCUT2D eigenvalue weighted by Gasteiger charge is 2.31. The lowest BCUT2D eigenvalue weighted by molar-refractivity contribution is -0.137. The molecule has 5 nitrogen and oxygen atoms in total. The molecule has 5 rings (SSSR count). The Morgan fingerprint density at radius 2 is 1.66 bits per heavy atom. The minimum atomic E-state index is -4.56. The fraction of sp³-hybridized carbons (Fsp3) is 0.0800. The summed E-state index contributed by atoms with van der Waals surface area (Å²) in [7, 11) is 1.58. The molecule has 0 aliphatic heterocycles. The van der Waals surface area contributed by atoms with Crippen LogP contribution in [-0.2, 0) is 13.2 Å². The van der Waals surface area contributed by atoms with Crippen LogP contribution in [0.5, 0.6) is 0 Å². The zero-order valence-corrected chi connectivity index (χ0v) is 19.4. The summed E-state index contributed by atoms with van der Waals surface area (Å²) in [6.07, 6.45) is -4.56. The number of para-hydroxylation sites is 1. The highest BCUT2D eigenvalue weighted by molar-refractivity contribution is 7.24. The van der Waals surface area contributed by atoms with E-state index in [-0.39, 0.29) is 27.3 Å². The van der Waals surface area contributed by atoms with Gasteiger partial charge in [0.05, 0.1) is 27.0 Å². The summed E-state index contributed by atoms with van der Waals surface area (Å²) in [6, 6.07) is 17.3. The summed E-state index contributed by atoms with van der Waals surface area (Å²) in [6.45, 7) is 0. The second-order valence-corrected chi connectivity index (χ2v) is 9.16. The minimum absolute atomic E-state index is 0.104. The van der Waals surface area contributed by atoms with E-state index in [2.05, 4.69) is 6.07 Å². The van der Waals surface area contributed by atoms with Gasteiger partial charge in [-0.05, 0) is 42.5 Å². The highest BCUT2D eigenvalue weighted by atomic mass is 35.5. The zero-order chi connectivity index (χ0) is 25.1. The van der Waals surface area contributed by atoms with Crippen LogP contribution in [0, 0.1) is 22.7 Å². The summed E-state index contributed by atoms with van der Waals surface area (Å²) in [5.74, 6) is 0. The highest BCUT2D eigenvalue weighted by Crippen LogP contribution is 2.39. The molecular weight excluding hydrogens is 497 g/mol. The first-order valence-electron chi connectivity index (χ1n) is 10.1. The number of fused-ring (bicyclic) bond motifs is 3. The monoisotopic (exact) mass is 508 g/mol. The Labute approximate surface area is 205 Å². The molecule has 0 N–H and O–H groups in total. The fourth-order valence-electron chi connectivity index (χ4n) is 4.20. The van der Waals surface area contributed by atoms with E-state index >= 15 is 0 Å². The molecule has 10 heteroatoms. The number of pyridine rings is 1. The Kier molecular flexibility index (Phi) is 5.21. The normalized spacial score (nSPS) is 11.6. The average molecular weight is 509 g/mol. The number of hydrogen-bond acceptors (Lipinski definition) is 4. The van der Waals surface area contributed by atoms with Crippen molar-refractivity contribution in [1.82, 2.24) is 8.97 Å². The van der Waals surface area contributed by atoms with Gasteiger partial charge >= 0.3 is 6.18 Å². The first-order chi connectivity index (χ1) is 16.7. The number of rotatable bonds is 2. The molecule has 172 valence electrons. The van der Waals surface area contributed by atoms with Gasteiger partial charge in [0.1, 0.15) is 22.5 Å². The molecule has 0 saturated carbocycles. The first-order valence-corrected chi connectivity index (χ1v) is 11.3. The Morgan fingerprint density at radius 1 is 0.971 bits per heavy atom. The van der Waals surface area contributed by atoms with Crippen LogP contribution in [0.15, 0.2) is 59.4 Å². The number of nitriles is 2. The van der Waals surface area contributed by atoms with Gasteiger partial charge < -0.3 is 4.57 Å². The van der Waals surface area contributed by atoms with E-state index in [0.29, 0.717) is 21.7 Å². The van der Waals surface area contributed by atoms with E-state index in [1.165, 1.54) is 26.4 Å². The predicted molar refractivity (Wildman–Crippen MR) is 128 cm³/mol. The molecule has 0 saturated heterocycles. The van der Waals surface area contributed by atoms with Crippen molar-refractivity contribution < 1.29 is 13.2 Å². The standard InChI is InChI=1S/C25H12ClF3N4OS/c1-32-18(14-10-13(25(27,28)29)6-7-17(14)26)8-9-20(32)22-15(11-30)23(34)33-19-4-2-3-5-21(19)35-24(33)16(22)12-31/h2-10H,1H3. The molecule has 0 atom stereocenters. The molecule has 2 aromatic carbocycles. The maximum atomic E-state index is 13.4. The molecular formula is C25H12ClF3N4OS. The van der Waals surface area contributed by atoms with E-state index in [4.69, 9.17) is 11.6 Å². The number of hydrogen-bond donors (Lipinski definition) is 0. The van der Waals surface area contributed by atoms with Crippen molar-refractivity contribution >= 4 is 38.0 Å². The lowest BCUT2D eigenvalue weighted by Gasteiger charge is -2.14. The van der Waals surface area contributed by atoms with Gasteiger partial charge in [-0.2, -0.15) is 23.7 Å². The Hall–Kier alpha value is -4.05. The van der Waals surface area contributed by atoms with Gasteiger partial charge in [-0.1, -0.05) is 23.7 Å². The van der Waals surface area contributed by atoms with Crippen LogP contribution in [-0.4, -0.2) is 8.97 Å². The van der Waals surface area contributed by atoms with Gasteiger partial charge in [0.2, 0.25) is 0 Å². The number of alkyl halides is 3. The second-order valence-electron chi connectivity index (χ2n) is 7.72. The van der Waals surface area contributed by atoms with Crippen LogP contribution in [0.4, 0.5) is 13.2 Å². The Balaban J connectivity index is 1.83. The predicted octanol–water partition coefficient (Wildman–Crippen LogP) is 6.60.